The van der Waals surface area contributed by atoms with Crippen molar-refractivity contribution in [1.29, 1.82) is 0 Å². The van der Waals surface area contributed by atoms with Crippen LogP contribution in [0.3, 0.4) is 0 Å². The van der Waals surface area contributed by atoms with Crippen LogP contribution in [0.15, 0.2) is 23.1 Å². The van der Waals surface area contributed by atoms with Crippen LogP contribution in [0, 0.1) is 10.1 Å². The Morgan fingerprint density at radius 1 is 1.00 bits per heavy atom. The molecule has 2 heterocycles. The summed E-state index contributed by atoms with van der Waals surface area (Å²) in [5.74, 6) is 0.927. The second-order valence-electron chi connectivity index (χ2n) is 6.56. The lowest BCUT2D eigenvalue weighted by atomic mass is 10.2. The van der Waals surface area contributed by atoms with Gasteiger partial charge in [0.05, 0.1) is 9.82 Å². The van der Waals surface area contributed by atoms with E-state index in [0.29, 0.717) is 43.4 Å². The van der Waals surface area contributed by atoms with E-state index in [1.165, 1.54) is 22.5 Å². The molecule has 2 aliphatic rings. The van der Waals surface area contributed by atoms with Crippen molar-refractivity contribution in [2.45, 2.75) is 30.6 Å². The Hall–Kier alpha value is -1.52. The number of benzene rings is 1. The van der Waals surface area contributed by atoms with Gasteiger partial charge in [-0.15, -0.1) is 0 Å². The average molecular weight is 402 g/mol. The second-order valence-corrected chi connectivity index (χ2v) is 10.2. The minimum Gasteiger partial charge on any atom is -0.364 e. The fraction of sp³-hybridized carbons (Fsp3) is 0.625. The monoisotopic (exact) mass is 401 g/mol. The van der Waals surface area contributed by atoms with Crippen molar-refractivity contribution in [2.75, 3.05) is 42.6 Å². The van der Waals surface area contributed by atoms with Crippen LogP contribution in [-0.4, -0.2) is 59.5 Å². The second kappa shape index (κ2) is 8.01. The van der Waals surface area contributed by atoms with Crippen LogP contribution in [0.4, 0.5) is 11.4 Å². The molecule has 26 heavy (non-hydrogen) atoms. The molecule has 8 nitrogen and oxygen atoms in total. The van der Waals surface area contributed by atoms with Crippen LogP contribution >= 0.6 is 0 Å². The molecule has 0 bridgehead atoms. The number of nitro groups is 1. The summed E-state index contributed by atoms with van der Waals surface area (Å²) in [6.07, 6.45) is 3.62. The molecule has 144 valence electrons. The predicted octanol–water partition coefficient (Wildman–Crippen LogP) is 1.73. The van der Waals surface area contributed by atoms with Gasteiger partial charge in [-0.1, -0.05) is 12.8 Å². The van der Waals surface area contributed by atoms with Gasteiger partial charge < -0.3 is 4.90 Å². The number of nitrogens with zero attached hydrogens (tertiary/aromatic N) is 3. The highest BCUT2D eigenvalue weighted by Crippen LogP contribution is 2.33. The molecule has 0 unspecified atom stereocenters. The topological polar surface area (TPSA) is 101 Å². The van der Waals surface area contributed by atoms with Gasteiger partial charge >= 0.3 is 0 Å². The molecule has 3 rings (SSSR count). The van der Waals surface area contributed by atoms with Gasteiger partial charge in [-0.25, -0.2) is 8.42 Å². The Morgan fingerprint density at radius 3 is 2.19 bits per heavy atom. The van der Waals surface area contributed by atoms with Crippen LogP contribution in [-0.2, 0) is 20.8 Å². The number of rotatable bonds is 4. The zero-order chi connectivity index (χ0) is 18.7. The first-order chi connectivity index (χ1) is 12.4. The van der Waals surface area contributed by atoms with Crippen LogP contribution in [0.5, 0.6) is 0 Å². The van der Waals surface area contributed by atoms with Crippen LogP contribution < -0.4 is 4.90 Å². The maximum atomic E-state index is 12.9. The fourth-order valence-electron chi connectivity index (χ4n) is 3.39. The number of nitro benzene ring substituents is 1. The van der Waals surface area contributed by atoms with Gasteiger partial charge in [0.2, 0.25) is 10.0 Å². The number of anilines is 1. The highest BCUT2D eigenvalue weighted by Gasteiger charge is 2.30. The van der Waals surface area contributed by atoms with E-state index in [9.17, 15) is 22.7 Å². The molecule has 2 aliphatic heterocycles. The molecule has 0 amide bonds. The Morgan fingerprint density at radius 2 is 1.62 bits per heavy atom. The molecule has 0 radical (unpaired) electrons. The van der Waals surface area contributed by atoms with E-state index in [4.69, 9.17) is 0 Å². The molecule has 0 aromatic heterocycles. The normalized spacial score (nSPS) is 20.7. The van der Waals surface area contributed by atoms with Gasteiger partial charge in [-0.2, -0.15) is 4.31 Å². The summed E-state index contributed by atoms with van der Waals surface area (Å²) in [7, 11) is -4.63. The zero-order valence-electron chi connectivity index (χ0n) is 14.5. The van der Waals surface area contributed by atoms with Gasteiger partial charge in [0, 0.05) is 54.6 Å². The van der Waals surface area contributed by atoms with Crippen LogP contribution in [0.1, 0.15) is 25.7 Å². The first-order valence-corrected chi connectivity index (χ1v) is 11.7. The van der Waals surface area contributed by atoms with E-state index in [-0.39, 0.29) is 10.6 Å². The lowest BCUT2D eigenvalue weighted by Crippen LogP contribution is -2.38. The molecule has 0 atom stereocenters. The summed E-state index contributed by atoms with van der Waals surface area (Å²) in [6, 6.07) is 4.13. The third kappa shape index (κ3) is 4.07. The lowest BCUT2D eigenvalue weighted by Gasteiger charge is -2.28. The van der Waals surface area contributed by atoms with Crippen molar-refractivity contribution >= 4 is 32.2 Å². The van der Waals surface area contributed by atoms with Crippen molar-refractivity contribution in [1.82, 2.24) is 4.31 Å². The van der Waals surface area contributed by atoms with Crippen molar-refractivity contribution in [3.8, 4) is 0 Å². The van der Waals surface area contributed by atoms with Crippen molar-refractivity contribution < 1.29 is 17.6 Å². The van der Waals surface area contributed by atoms with Crippen LogP contribution in [0.2, 0.25) is 0 Å². The highest BCUT2D eigenvalue weighted by atomic mass is 32.2. The predicted molar refractivity (Wildman–Crippen MR) is 100 cm³/mol. The van der Waals surface area contributed by atoms with Crippen molar-refractivity contribution in [3.63, 3.8) is 0 Å². The van der Waals surface area contributed by atoms with E-state index in [1.54, 1.807) is 0 Å². The van der Waals surface area contributed by atoms with Gasteiger partial charge in [0.15, 0.2) is 0 Å². The zero-order valence-corrected chi connectivity index (χ0v) is 16.1. The van der Waals surface area contributed by atoms with Gasteiger partial charge in [0.1, 0.15) is 5.69 Å². The number of hydrogen-bond acceptors (Lipinski definition) is 6. The molecular formula is C16H23N3O5S2. The average Bonchev–Trinajstić information content (AvgIpc) is 2.92. The number of hydrogen-bond donors (Lipinski definition) is 0. The van der Waals surface area contributed by atoms with Gasteiger partial charge in [-0.05, 0) is 25.0 Å². The summed E-state index contributed by atoms with van der Waals surface area (Å²) in [5.41, 5.74) is 0.176. The Bertz CT molecular complexity index is 794. The summed E-state index contributed by atoms with van der Waals surface area (Å²) in [5, 5.41) is 11.5. The van der Waals surface area contributed by atoms with E-state index >= 15 is 0 Å². The van der Waals surface area contributed by atoms with Crippen LogP contribution in [0.25, 0.3) is 0 Å². The molecular weight excluding hydrogens is 378 g/mol. The third-order valence-corrected chi connectivity index (χ3v) is 8.04. The smallest absolute Gasteiger partial charge is 0.293 e. The van der Waals surface area contributed by atoms with Crippen molar-refractivity contribution in [3.05, 3.63) is 28.3 Å². The maximum Gasteiger partial charge on any atom is 0.293 e. The largest absolute Gasteiger partial charge is 0.364 e. The van der Waals surface area contributed by atoms with Gasteiger partial charge in [-0.3, -0.25) is 14.3 Å². The van der Waals surface area contributed by atoms with Crippen molar-refractivity contribution in [2.24, 2.45) is 0 Å². The SMILES string of the molecule is O=[N+]([O-])c1cc(S(=O)(=O)N2CCCCCC2)ccc1N1CCS(=O)CC1. The first-order valence-electron chi connectivity index (χ1n) is 8.78. The Labute approximate surface area is 155 Å². The fourth-order valence-corrected chi connectivity index (χ4v) is 5.98. The molecule has 0 N–H and O–H groups in total. The maximum absolute atomic E-state index is 12.9. The molecule has 1 aromatic rings. The Balaban J connectivity index is 1.93. The van der Waals surface area contributed by atoms with E-state index in [0.717, 1.165) is 25.7 Å². The molecule has 2 fully saturated rings. The van der Waals surface area contributed by atoms with E-state index in [1.807, 2.05) is 4.90 Å². The summed E-state index contributed by atoms with van der Waals surface area (Å²) >= 11 is 0. The summed E-state index contributed by atoms with van der Waals surface area (Å²) < 4.78 is 38.7. The third-order valence-electron chi connectivity index (χ3n) is 4.86. The minimum absolute atomic E-state index is 0.0320. The summed E-state index contributed by atoms with van der Waals surface area (Å²) in [6.45, 7) is 1.84. The molecule has 2 saturated heterocycles. The first kappa shape index (κ1) is 19.2. The standard InChI is InChI=1S/C16H23N3O5S2/c20-19(21)16-13-14(26(23,24)18-7-3-1-2-4-8-18)5-6-15(16)17-9-11-25(22)12-10-17/h5-6,13H,1-4,7-12H2. The molecule has 0 saturated carbocycles. The van der Waals surface area contributed by atoms with Gasteiger partial charge in [0.25, 0.3) is 5.69 Å². The highest BCUT2D eigenvalue weighted by molar-refractivity contribution is 7.89. The summed E-state index contributed by atoms with van der Waals surface area (Å²) in [4.78, 5) is 12.8. The molecule has 1 aromatic carbocycles. The lowest BCUT2D eigenvalue weighted by molar-refractivity contribution is -0.384. The van der Waals surface area contributed by atoms with E-state index in [2.05, 4.69) is 0 Å². The number of sulfonamides is 1. The quantitative estimate of drug-likeness (QED) is 0.562. The molecule has 10 heteroatoms. The minimum atomic E-state index is -3.74. The molecule has 0 aliphatic carbocycles. The molecule has 0 spiro atoms. The van der Waals surface area contributed by atoms with E-state index < -0.39 is 25.7 Å². The Kier molecular flexibility index (Phi) is 5.93.